The van der Waals surface area contributed by atoms with Gasteiger partial charge in [0, 0.05) is 6.20 Å². The Bertz CT molecular complexity index is 620. The predicted molar refractivity (Wildman–Crippen MR) is 66.6 cm³/mol. The molecule has 1 unspecified atom stereocenters. The van der Waals surface area contributed by atoms with Crippen molar-refractivity contribution >= 4 is 5.91 Å². The van der Waals surface area contributed by atoms with Crippen LogP contribution < -0.4 is 5.73 Å². The van der Waals surface area contributed by atoms with Crippen LogP contribution in [0.25, 0.3) is 5.69 Å². The Balaban J connectivity index is 2.52. The number of aromatic nitrogens is 2. The van der Waals surface area contributed by atoms with Gasteiger partial charge in [0.25, 0.3) is 5.91 Å². The van der Waals surface area contributed by atoms with Crippen LogP contribution in [0.1, 0.15) is 28.9 Å². The van der Waals surface area contributed by atoms with E-state index in [9.17, 15) is 18.0 Å². The van der Waals surface area contributed by atoms with E-state index in [0.717, 1.165) is 6.92 Å². The van der Waals surface area contributed by atoms with Gasteiger partial charge in [-0.3, -0.25) is 4.79 Å². The van der Waals surface area contributed by atoms with Crippen molar-refractivity contribution in [3.05, 3.63) is 47.8 Å². The third-order valence-electron chi connectivity index (χ3n) is 2.93. The third kappa shape index (κ3) is 2.66. The van der Waals surface area contributed by atoms with Gasteiger partial charge in [-0.15, -0.1) is 0 Å². The highest BCUT2D eigenvalue weighted by molar-refractivity contribution is 5.94. The first-order valence-corrected chi connectivity index (χ1v) is 5.82. The quantitative estimate of drug-likeness (QED) is 0.941. The number of halogens is 3. The first kappa shape index (κ1) is 14.1. The highest BCUT2D eigenvalue weighted by Gasteiger charge is 2.40. The molecule has 0 saturated carbocycles. The standard InChI is InChI=1S/C13H12F3N3O/c1-8(13(14,15)16)11-10(12(17)20)7-19(18-11)9-5-3-2-4-6-9/h2-8H,1H3,(H2,17,20). The maximum Gasteiger partial charge on any atom is 0.397 e. The minimum absolute atomic E-state index is 0.223. The zero-order valence-corrected chi connectivity index (χ0v) is 10.6. The lowest BCUT2D eigenvalue weighted by molar-refractivity contribution is -0.147. The minimum atomic E-state index is -4.49. The molecule has 1 atom stereocenters. The molecule has 1 aromatic carbocycles. The zero-order chi connectivity index (χ0) is 14.9. The van der Waals surface area contributed by atoms with E-state index in [1.807, 2.05) is 0 Å². The maximum atomic E-state index is 12.8. The summed E-state index contributed by atoms with van der Waals surface area (Å²) < 4.78 is 39.6. The van der Waals surface area contributed by atoms with Crippen molar-refractivity contribution < 1.29 is 18.0 Å². The number of rotatable bonds is 3. The molecule has 0 aliphatic rings. The van der Waals surface area contributed by atoms with Crippen LogP contribution in [0, 0.1) is 0 Å². The van der Waals surface area contributed by atoms with E-state index < -0.39 is 18.0 Å². The third-order valence-corrected chi connectivity index (χ3v) is 2.93. The molecule has 7 heteroatoms. The molecule has 1 amide bonds. The van der Waals surface area contributed by atoms with E-state index in [4.69, 9.17) is 5.73 Å². The molecule has 0 saturated heterocycles. The molecular formula is C13H12F3N3O. The molecule has 0 aliphatic carbocycles. The van der Waals surface area contributed by atoms with E-state index >= 15 is 0 Å². The molecule has 0 radical (unpaired) electrons. The van der Waals surface area contributed by atoms with Crippen molar-refractivity contribution in [2.24, 2.45) is 5.73 Å². The largest absolute Gasteiger partial charge is 0.397 e. The van der Waals surface area contributed by atoms with Crippen LogP contribution in [-0.4, -0.2) is 21.9 Å². The number of primary amides is 1. The van der Waals surface area contributed by atoms with Crippen molar-refractivity contribution in [2.75, 3.05) is 0 Å². The summed E-state index contributed by atoms with van der Waals surface area (Å²) in [7, 11) is 0. The highest BCUT2D eigenvalue weighted by Crippen LogP contribution is 2.35. The highest BCUT2D eigenvalue weighted by atomic mass is 19.4. The van der Waals surface area contributed by atoms with Crippen LogP contribution in [0.4, 0.5) is 13.2 Å². The van der Waals surface area contributed by atoms with Crippen LogP contribution in [0.2, 0.25) is 0 Å². The van der Waals surface area contributed by atoms with Gasteiger partial charge in [0.15, 0.2) is 0 Å². The lowest BCUT2D eigenvalue weighted by Gasteiger charge is -2.13. The summed E-state index contributed by atoms with van der Waals surface area (Å²) in [5.74, 6) is -2.80. The predicted octanol–water partition coefficient (Wildman–Crippen LogP) is 2.64. The Morgan fingerprint density at radius 1 is 1.30 bits per heavy atom. The average molecular weight is 283 g/mol. The molecule has 0 fully saturated rings. The number of alkyl halides is 3. The lowest BCUT2D eigenvalue weighted by atomic mass is 10.0. The molecule has 4 nitrogen and oxygen atoms in total. The molecule has 0 bridgehead atoms. The first-order valence-electron chi connectivity index (χ1n) is 5.82. The molecule has 2 N–H and O–H groups in total. The second-order valence-corrected chi connectivity index (χ2v) is 4.34. The van der Waals surface area contributed by atoms with Gasteiger partial charge in [-0.2, -0.15) is 18.3 Å². The fraction of sp³-hybridized carbons (Fsp3) is 0.231. The Labute approximate surface area is 113 Å². The molecule has 20 heavy (non-hydrogen) atoms. The summed E-state index contributed by atoms with van der Waals surface area (Å²) in [5, 5.41) is 3.86. The van der Waals surface area contributed by atoms with Crippen molar-refractivity contribution in [2.45, 2.75) is 19.0 Å². The SMILES string of the molecule is CC(c1nn(-c2ccccc2)cc1C(N)=O)C(F)(F)F. The Hall–Kier alpha value is -2.31. The number of hydrogen-bond donors (Lipinski definition) is 1. The maximum absolute atomic E-state index is 12.8. The minimum Gasteiger partial charge on any atom is -0.365 e. The van der Waals surface area contributed by atoms with E-state index in [1.54, 1.807) is 30.3 Å². The second-order valence-electron chi connectivity index (χ2n) is 4.34. The molecular weight excluding hydrogens is 271 g/mol. The van der Waals surface area contributed by atoms with Gasteiger partial charge in [-0.1, -0.05) is 18.2 Å². The summed E-state index contributed by atoms with van der Waals surface area (Å²) in [5.41, 5.74) is 5.09. The van der Waals surface area contributed by atoms with E-state index in [0.29, 0.717) is 5.69 Å². The van der Waals surface area contributed by atoms with Gasteiger partial charge in [0.05, 0.1) is 22.9 Å². The van der Waals surface area contributed by atoms with Crippen LogP contribution >= 0.6 is 0 Å². The van der Waals surface area contributed by atoms with Crippen molar-refractivity contribution in [1.82, 2.24) is 9.78 Å². The average Bonchev–Trinajstić information content (AvgIpc) is 2.82. The number of carbonyl (C=O) groups is 1. The number of nitrogens with zero attached hydrogens (tertiary/aromatic N) is 2. The molecule has 0 aliphatic heterocycles. The van der Waals surface area contributed by atoms with E-state index in [2.05, 4.69) is 5.10 Å². The number of nitrogens with two attached hydrogens (primary N) is 1. The molecule has 1 heterocycles. The molecule has 2 aromatic rings. The summed E-state index contributed by atoms with van der Waals surface area (Å²) >= 11 is 0. The van der Waals surface area contributed by atoms with Crippen molar-refractivity contribution in [3.63, 3.8) is 0 Å². The summed E-state index contributed by atoms with van der Waals surface area (Å²) in [4.78, 5) is 11.3. The number of amides is 1. The topological polar surface area (TPSA) is 60.9 Å². The van der Waals surface area contributed by atoms with Crippen LogP contribution in [-0.2, 0) is 0 Å². The fourth-order valence-electron chi connectivity index (χ4n) is 1.76. The number of carbonyl (C=O) groups excluding carboxylic acids is 1. The van der Waals surface area contributed by atoms with Gasteiger partial charge < -0.3 is 5.73 Å². The molecule has 2 rings (SSSR count). The van der Waals surface area contributed by atoms with Gasteiger partial charge in [0.1, 0.15) is 0 Å². The first-order chi connectivity index (χ1) is 9.30. The van der Waals surface area contributed by atoms with E-state index in [1.165, 1.54) is 10.9 Å². The van der Waals surface area contributed by atoms with Crippen molar-refractivity contribution in [3.8, 4) is 5.69 Å². The van der Waals surface area contributed by atoms with Gasteiger partial charge in [-0.25, -0.2) is 4.68 Å². The zero-order valence-electron chi connectivity index (χ0n) is 10.6. The normalized spacial score (nSPS) is 13.2. The number of benzene rings is 1. The number of para-hydroxylation sites is 1. The molecule has 106 valence electrons. The summed E-state index contributed by atoms with van der Waals surface area (Å²) in [6.07, 6.45) is -3.27. The number of hydrogen-bond acceptors (Lipinski definition) is 2. The van der Waals surface area contributed by atoms with Gasteiger partial charge in [-0.05, 0) is 19.1 Å². The van der Waals surface area contributed by atoms with E-state index in [-0.39, 0.29) is 11.3 Å². The summed E-state index contributed by atoms with van der Waals surface area (Å²) in [6, 6.07) is 8.53. The van der Waals surface area contributed by atoms with Gasteiger partial charge >= 0.3 is 6.18 Å². The van der Waals surface area contributed by atoms with Crippen molar-refractivity contribution in [1.29, 1.82) is 0 Å². The Kier molecular flexibility index (Phi) is 3.52. The van der Waals surface area contributed by atoms with Gasteiger partial charge in [0.2, 0.25) is 0 Å². The smallest absolute Gasteiger partial charge is 0.365 e. The fourth-order valence-corrected chi connectivity index (χ4v) is 1.76. The molecule has 1 aromatic heterocycles. The second kappa shape index (κ2) is 4.99. The molecule has 0 spiro atoms. The Morgan fingerprint density at radius 3 is 2.40 bits per heavy atom. The van der Waals surface area contributed by atoms with Crippen LogP contribution in [0.15, 0.2) is 36.5 Å². The summed E-state index contributed by atoms with van der Waals surface area (Å²) in [6.45, 7) is 0.949. The van der Waals surface area contributed by atoms with Crippen LogP contribution in [0.5, 0.6) is 0 Å². The monoisotopic (exact) mass is 283 g/mol. The Morgan fingerprint density at radius 2 is 1.90 bits per heavy atom. The van der Waals surface area contributed by atoms with Crippen LogP contribution in [0.3, 0.4) is 0 Å². The lowest BCUT2D eigenvalue weighted by Crippen LogP contribution is -2.22.